The van der Waals surface area contributed by atoms with Gasteiger partial charge in [0.15, 0.2) is 5.82 Å². The molecule has 2 aromatic heterocycles. The Labute approximate surface area is 154 Å². The Morgan fingerprint density at radius 3 is 2.88 bits per heavy atom. The minimum Gasteiger partial charge on any atom is -0.383 e. The predicted molar refractivity (Wildman–Crippen MR) is 96.9 cm³/mol. The van der Waals surface area contributed by atoms with Crippen LogP contribution in [0, 0.1) is 0 Å². The predicted octanol–water partition coefficient (Wildman–Crippen LogP) is 2.95. The van der Waals surface area contributed by atoms with Gasteiger partial charge in [-0.1, -0.05) is 18.0 Å². The minimum atomic E-state index is 0.455. The van der Waals surface area contributed by atoms with Crippen molar-refractivity contribution in [1.29, 1.82) is 0 Å². The molecule has 142 valence electrons. The maximum Gasteiger partial charge on any atom is 0.229 e. The summed E-state index contributed by atoms with van der Waals surface area (Å²) in [4.78, 5) is 11.7. The van der Waals surface area contributed by atoms with E-state index in [0.29, 0.717) is 18.4 Å². The molecule has 7 heteroatoms. The lowest BCUT2D eigenvalue weighted by Crippen LogP contribution is -2.35. The largest absolute Gasteiger partial charge is 0.383 e. The molecule has 0 radical (unpaired) electrons. The maximum absolute atomic E-state index is 5.53. The van der Waals surface area contributed by atoms with Crippen LogP contribution in [0.25, 0.3) is 0 Å². The Hall–Kier alpha value is -1.73. The fraction of sp³-hybridized carbons (Fsp3) is 0.737. The van der Waals surface area contributed by atoms with Crippen molar-refractivity contribution in [2.45, 2.75) is 63.5 Å². The van der Waals surface area contributed by atoms with Crippen LogP contribution in [0.5, 0.6) is 0 Å². The number of likely N-dealkylation sites (tertiary alicyclic amines) is 1. The van der Waals surface area contributed by atoms with Crippen molar-refractivity contribution in [3.63, 3.8) is 0 Å². The lowest BCUT2D eigenvalue weighted by molar-refractivity contribution is 0.175. The van der Waals surface area contributed by atoms with Crippen LogP contribution in [0.4, 0.5) is 0 Å². The van der Waals surface area contributed by atoms with Crippen molar-refractivity contribution in [3.8, 4) is 0 Å². The molecule has 1 saturated carbocycles. The smallest absolute Gasteiger partial charge is 0.229 e. The summed E-state index contributed by atoms with van der Waals surface area (Å²) in [6, 6.07) is 0. The summed E-state index contributed by atoms with van der Waals surface area (Å²) >= 11 is 0. The van der Waals surface area contributed by atoms with Crippen molar-refractivity contribution >= 4 is 0 Å². The molecule has 3 heterocycles. The van der Waals surface area contributed by atoms with Crippen LogP contribution in [-0.4, -0.2) is 51.4 Å². The van der Waals surface area contributed by atoms with Crippen molar-refractivity contribution in [2.75, 3.05) is 26.8 Å². The average molecular weight is 359 g/mol. The van der Waals surface area contributed by atoms with E-state index >= 15 is 0 Å². The molecule has 26 heavy (non-hydrogen) atoms. The van der Waals surface area contributed by atoms with Crippen molar-refractivity contribution < 1.29 is 9.26 Å². The molecule has 7 nitrogen and oxygen atoms in total. The second-order valence-electron chi connectivity index (χ2n) is 7.58. The molecule has 0 aromatic carbocycles. The zero-order valence-electron chi connectivity index (χ0n) is 15.6. The van der Waals surface area contributed by atoms with Gasteiger partial charge < -0.3 is 13.8 Å². The van der Waals surface area contributed by atoms with E-state index in [4.69, 9.17) is 9.26 Å². The zero-order chi connectivity index (χ0) is 17.8. The highest BCUT2D eigenvalue weighted by atomic mass is 16.5. The summed E-state index contributed by atoms with van der Waals surface area (Å²) in [5.74, 6) is 3.79. The van der Waals surface area contributed by atoms with Gasteiger partial charge in [0.2, 0.25) is 5.89 Å². The van der Waals surface area contributed by atoms with Gasteiger partial charge in [-0.05, 0) is 32.2 Å². The van der Waals surface area contributed by atoms with Gasteiger partial charge in [-0.2, -0.15) is 4.98 Å². The fourth-order valence-electron chi connectivity index (χ4n) is 4.34. The van der Waals surface area contributed by atoms with Gasteiger partial charge in [0.1, 0.15) is 5.82 Å². The normalized spacial score (nSPS) is 22.3. The Bertz CT molecular complexity index is 692. The van der Waals surface area contributed by atoms with Crippen molar-refractivity contribution in [3.05, 3.63) is 29.9 Å². The highest BCUT2D eigenvalue weighted by Gasteiger charge is 2.27. The molecular formula is C19H29N5O2. The summed E-state index contributed by atoms with van der Waals surface area (Å²) < 4.78 is 13.0. The Morgan fingerprint density at radius 2 is 2.04 bits per heavy atom. The third-order valence-corrected chi connectivity index (χ3v) is 5.71. The second-order valence-corrected chi connectivity index (χ2v) is 7.58. The Morgan fingerprint density at radius 1 is 1.19 bits per heavy atom. The molecule has 1 aliphatic heterocycles. The molecule has 2 aliphatic rings. The van der Waals surface area contributed by atoms with Gasteiger partial charge in [0.05, 0.1) is 13.2 Å². The number of hydrogen-bond acceptors (Lipinski definition) is 6. The maximum atomic E-state index is 5.53. The fourth-order valence-corrected chi connectivity index (χ4v) is 4.34. The average Bonchev–Trinajstić information content (AvgIpc) is 3.41. The van der Waals surface area contributed by atoms with Crippen LogP contribution in [0.1, 0.15) is 67.9 Å². The summed E-state index contributed by atoms with van der Waals surface area (Å²) in [5, 5.41) is 4.24. The monoisotopic (exact) mass is 359 g/mol. The minimum absolute atomic E-state index is 0.455. The lowest BCUT2D eigenvalue weighted by Gasteiger charge is -2.31. The van der Waals surface area contributed by atoms with Gasteiger partial charge in [0.25, 0.3) is 0 Å². The second kappa shape index (κ2) is 8.31. The highest BCUT2D eigenvalue weighted by molar-refractivity contribution is 5.04. The molecule has 0 spiro atoms. The summed E-state index contributed by atoms with van der Waals surface area (Å²) in [6.45, 7) is 4.43. The van der Waals surface area contributed by atoms with Crippen molar-refractivity contribution in [2.24, 2.45) is 0 Å². The zero-order valence-corrected chi connectivity index (χ0v) is 15.6. The van der Waals surface area contributed by atoms with Crippen LogP contribution in [-0.2, 0) is 17.8 Å². The van der Waals surface area contributed by atoms with Crippen LogP contribution in [0.15, 0.2) is 16.9 Å². The van der Waals surface area contributed by atoms with E-state index in [0.717, 1.165) is 37.9 Å². The summed E-state index contributed by atoms with van der Waals surface area (Å²) in [5.41, 5.74) is 0. The first kappa shape index (κ1) is 17.7. The number of rotatable bonds is 7. The quantitative estimate of drug-likeness (QED) is 0.757. The Balaban J connectivity index is 1.37. The number of hydrogen-bond donors (Lipinski definition) is 0. The van der Waals surface area contributed by atoms with Crippen molar-refractivity contribution in [1.82, 2.24) is 24.6 Å². The molecule has 0 bridgehead atoms. The molecule has 2 fully saturated rings. The van der Waals surface area contributed by atoms with E-state index in [1.165, 1.54) is 44.3 Å². The van der Waals surface area contributed by atoms with Gasteiger partial charge in [0, 0.05) is 44.4 Å². The number of methoxy groups -OCH3 is 1. The summed E-state index contributed by atoms with van der Waals surface area (Å²) in [7, 11) is 1.74. The molecule has 0 amide bonds. The topological polar surface area (TPSA) is 69.2 Å². The van der Waals surface area contributed by atoms with Crippen LogP contribution < -0.4 is 0 Å². The van der Waals surface area contributed by atoms with E-state index in [-0.39, 0.29) is 0 Å². The molecule has 1 unspecified atom stereocenters. The molecule has 2 aromatic rings. The van der Waals surface area contributed by atoms with E-state index in [1.54, 1.807) is 7.11 Å². The van der Waals surface area contributed by atoms with Crippen LogP contribution >= 0.6 is 0 Å². The SMILES string of the molecule is COCCn1ccnc1C1CCCN(Cc2noc(C3CCCC3)n2)C1. The van der Waals surface area contributed by atoms with E-state index in [2.05, 4.69) is 30.8 Å². The molecule has 1 aliphatic carbocycles. The third kappa shape index (κ3) is 3.99. The standard InChI is InChI=1S/C19H29N5O2/c1-25-12-11-24-10-8-20-18(24)16-7-4-9-23(13-16)14-17-21-19(26-22-17)15-5-2-3-6-15/h8,10,15-16H,2-7,9,11-14H2,1H3. The lowest BCUT2D eigenvalue weighted by atomic mass is 9.97. The third-order valence-electron chi connectivity index (χ3n) is 5.71. The van der Waals surface area contributed by atoms with E-state index in [9.17, 15) is 0 Å². The molecule has 1 atom stereocenters. The van der Waals surface area contributed by atoms with Crippen LogP contribution in [0.3, 0.4) is 0 Å². The first-order valence-electron chi connectivity index (χ1n) is 9.88. The number of imidazole rings is 1. The number of aromatic nitrogens is 4. The summed E-state index contributed by atoms with van der Waals surface area (Å²) in [6.07, 6.45) is 11.3. The molecule has 4 rings (SSSR count). The first-order valence-corrected chi connectivity index (χ1v) is 9.88. The number of ether oxygens (including phenoxy) is 1. The van der Waals surface area contributed by atoms with Gasteiger partial charge in [-0.3, -0.25) is 4.90 Å². The molecule has 1 saturated heterocycles. The number of nitrogens with zero attached hydrogens (tertiary/aromatic N) is 5. The molecule has 0 N–H and O–H groups in total. The number of piperidine rings is 1. The Kier molecular flexibility index (Phi) is 5.65. The highest BCUT2D eigenvalue weighted by Crippen LogP contribution is 2.33. The van der Waals surface area contributed by atoms with Gasteiger partial charge in [-0.15, -0.1) is 0 Å². The van der Waals surface area contributed by atoms with Gasteiger partial charge in [-0.25, -0.2) is 4.98 Å². The van der Waals surface area contributed by atoms with Crippen LogP contribution in [0.2, 0.25) is 0 Å². The van der Waals surface area contributed by atoms with E-state index < -0.39 is 0 Å². The van der Waals surface area contributed by atoms with Gasteiger partial charge >= 0.3 is 0 Å². The van der Waals surface area contributed by atoms with E-state index in [1.807, 2.05) is 6.20 Å². The molecular weight excluding hydrogens is 330 g/mol. The first-order chi connectivity index (χ1) is 12.8.